The third-order valence-corrected chi connectivity index (χ3v) is 4.21. The fourth-order valence-corrected chi connectivity index (χ4v) is 3.25. The summed E-state index contributed by atoms with van der Waals surface area (Å²) in [6.45, 7) is 0. The number of pyridine rings is 1. The predicted octanol–water partition coefficient (Wildman–Crippen LogP) is 2.51. The van der Waals surface area contributed by atoms with Crippen LogP contribution < -0.4 is 5.73 Å². The average molecular weight is 226 g/mol. The Labute approximate surface area is 93.5 Å². The molecule has 1 aromatic rings. The van der Waals surface area contributed by atoms with Crippen LogP contribution in [0, 0.1) is 5.82 Å². The molecule has 2 heterocycles. The fraction of sp³-hybridized carbons (Fsp3) is 0.545. The first kappa shape index (κ1) is 10.9. The SMILES string of the molecule is NC(c1cncc(F)c1)C1CCCCS1. The molecule has 0 aliphatic carbocycles. The van der Waals surface area contributed by atoms with Crippen LogP contribution in [0.2, 0.25) is 0 Å². The second-order valence-electron chi connectivity index (χ2n) is 3.87. The standard InChI is InChI=1S/C11H15FN2S/c12-9-5-8(6-14-7-9)11(13)10-3-1-2-4-15-10/h5-7,10-11H,1-4,13H2. The maximum Gasteiger partial charge on any atom is 0.141 e. The lowest BCUT2D eigenvalue weighted by Gasteiger charge is -2.27. The van der Waals surface area contributed by atoms with Gasteiger partial charge in [-0.25, -0.2) is 4.39 Å². The van der Waals surface area contributed by atoms with Crippen molar-refractivity contribution >= 4 is 11.8 Å². The van der Waals surface area contributed by atoms with Crippen molar-refractivity contribution in [2.45, 2.75) is 30.6 Å². The zero-order chi connectivity index (χ0) is 10.7. The van der Waals surface area contributed by atoms with Crippen LogP contribution in [-0.2, 0) is 0 Å². The molecule has 0 bridgehead atoms. The normalized spacial score (nSPS) is 23.7. The van der Waals surface area contributed by atoms with E-state index in [2.05, 4.69) is 4.98 Å². The summed E-state index contributed by atoms with van der Waals surface area (Å²) >= 11 is 1.90. The van der Waals surface area contributed by atoms with E-state index in [0.29, 0.717) is 5.25 Å². The van der Waals surface area contributed by atoms with Gasteiger partial charge in [0.15, 0.2) is 0 Å². The highest BCUT2D eigenvalue weighted by molar-refractivity contribution is 8.00. The molecule has 2 unspecified atom stereocenters. The Bertz CT molecular complexity index is 326. The van der Waals surface area contributed by atoms with Crippen molar-refractivity contribution in [1.29, 1.82) is 0 Å². The highest BCUT2D eigenvalue weighted by Gasteiger charge is 2.22. The minimum atomic E-state index is -0.302. The topological polar surface area (TPSA) is 38.9 Å². The molecule has 0 radical (unpaired) electrons. The van der Waals surface area contributed by atoms with Gasteiger partial charge in [0.05, 0.1) is 6.20 Å². The van der Waals surface area contributed by atoms with Crippen LogP contribution in [0.25, 0.3) is 0 Å². The molecule has 1 aromatic heterocycles. The molecule has 82 valence electrons. The van der Waals surface area contributed by atoms with Crippen molar-refractivity contribution in [2.75, 3.05) is 5.75 Å². The number of rotatable bonds is 2. The van der Waals surface area contributed by atoms with E-state index >= 15 is 0 Å². The third kappa shape index (κ3) is 2.69. The Morgan fingerprint density at radius 1 is 1.47 bits per heavy atom. The zero-order valence-electron chi connectivity index (χ0n) is 8.53. The maximum absolute atomic E-state index is 13.0. The molecule has 2 atom stereocenters. The minimum absolute atomic E-state index is 0.0847. The van der Waals surface area contributed by atoms with Crippen LogP contribution in [0.15, 0.2) is 18.5 Å². The number of thioether (sulfide) groups is 1. The molecule has 4 heteroatoms. The van der Waals surface area contributed by atoms with E-state index in [1.807, 2.05) is 11.8 Å². The fourth-order valence-electron chi connectivity index (χ4n) is 1.87. The molecular weight excluding hydrogens is 211 g/mol. The van der Waals surface area contributed by atoms with Gasteiger partial charge in [-0.15, -0.1) is 0 Å². The number of nitrogens with zero attached hydrogens (tertiary/aromatic N) is 1. The molecule has 0 spiro atoms. The molecular formula is C11H15FN2S. The van der Waals surface area contributed by atoms with Crippen molar-refractivity contribution in [3.05, 3.63) is 29.8 Å². The molecule has 1 aliphatic rings. The average Bonchev–Trinajstić information content (AvgIpc) is 2.29. The first-order chi connectivity index (χ1) is 7.27. The number of hydrogen-bond donors (Lipinski definition) is 1. The second-order valence-corrected chi connectivity index (χ2v) is 5.21. The number of halogens is 1. The summed E-state index contributed by atoms with van der Waals surface area (Å²) in [4.78, 5) is 3.84. The minimum Gasteiger partial charge on any atom is -0.323 e. The Kier molecular flexibility index (Phi) is 3.59. The third-order valence-electron chi connectivity index (χ3n) is 2.73. The lowest BCUT2D eigenvalue weighted by molar-refractivity contribution is 0.570. The monoisotopic (exact) mass is 226 g/mol. The highest BCUT2D eigenvalue weighted by atomic mass is 32.2. The first-order valence-electron chi connectivity index (χ1n) is 5.25. The summed E-state index contributed by atoms with van der Waals surface area (Å²) in [6.07, 6.45) is 6.51. The van der Waals surface area contributed by atoms with E-state index in [4.69, 9.17) is 5.73 Å². The number of aromatic nitrogens is 1. The summed E-state index contributed by atoms with van der Waals surface area (Å²) in [5, 5.41) is 0.419. The Hall–Kier alpha value is -0.610. The maximum atomic E-state index is 13.0. The lowest BCUT2D eigenvalue weighted by atomic mass is 10.0. The summed E-state index contributed by atoms with van der Waals surface area (Å²) in [5.74, 6) is 0.866. The van der Waals surface area contributed by atoms with Crippen molar-refractivity contribution in [3.8, 4) is 0 Å². The van der Waals surface area contributed by atoms with Gasteiger partial charge >= 0.3 is 0 Å². The van der Waals surface area contributed by atoms with Crippen LogP contribution >= 0.6 is 11.8 Å². The molecule has 1 saturated heterocycles. The second kappa shape index (κ2) is 4.94. The molecule has 1 fully saturated rings. The summed E-state index contributed by atoms with van der Waals surface area (Å²) in [7, 11) is 0. The highest BCUT2D eigenvalue weighted by Crippen LogP contribution is 2.33. The summed E-state index contributed by atoms with van der Waals surface area (Å²) in [5.41, 5.74) is 6.93. The van der Waals surface area contributed by atoms with E-state index in [1.54, 1.807) is 6.20 Å². The molecule has 1 aliphatic heterocycles. The smallest absolute Gasteiger partial charge is 0.141 e. The van der Waals surface area contributed by atoms with E-state index in [9.17, 15) is 4.39 Å². The van der Waals surface area contributed by atoms with E-state index in [1.165, 1.54) is 30.9 Å². The summed E-state index contributed by atoms with van der Waals surface area (Å²) in [6, 6.07) is 1.41. The molecule has 2 nitrogen and oxygen atoms in total. The van der Waals surface area contributed by atoms with Crippen LogP contribution in [-0.4, -0.2) is 16.0 Å². The van der Waals surface area contributed by atoms with Crippen LogP contribution in [0.5, 0.6) is 0 Å². The molecule has 0 aromatic carbocycles. The number of nitrogens with two attached hydrogens (primary N) is 1. The van der Waals surface area contributed by atoms with Gasteiger partial charge in [-0.3, -0.25) is 4.98 Å². The molecule has 2 rings (SSSR count). The van der Waals surface area contributed by atoms with Gasteiger partial charge in [0.2, 0.25) is 0 Å². The van der Waals surface area contributed by atoms with Crippen LogP contribution in [0.3, 0.4) is 0 Å². The largest absolute Gasteiger partial charge is 0.323 e. The van der Waals surface area contributed by atoms with Crippen molar-refractivity contribution in [1.82, 2.24) is 4.98 Å². The van der Waals surface area contributed by atoms with Gasteiger partial charge in [0.1, 0.15) is 5.82 Å². The van der Waals surface area contributed by atoms with Crippen LogP contribution in [0.1, 0.15) is 30.9 Å². The Morgan fingerprint density at radius 3 is 3.00 bits per heavy atom. The summed E-state index contributed by atoms with van der Waals surface area (Å²) < 4.78 is 13.0. The molecule has 0 saturated carbocycles. The Balaban J connectivity index is 2.08. The van der Waals surface area contributed by atoms with Gasteiger partial charge in [-0.2, -0.15) is 11.8 Å². The zero-order valence-corrected chi connectivity index (χ0v) is 9.34. The van der Waals surface area contributed by atoms with Crippen molar-refractivity contribution < 1.29 is 4.39 Å². The van der Waals surface area contributed by atoms with Crippen molar-refractivity contribution in [2.24, 2.45) is 5.73 Å². The van der Waals surface area contributed by atoms with Gasteiger partial charge in [-0.1, -0.05) is 6.42 Å². The van der Waals surface area contributed by atoms with Gasteiger partial charge in [0, 0.05) is 17.5 Å². The van der Waals surface area contributed by atoms with E-state index in [0.717, 1.165) is 12.0 Å². The van der Waals surface area contributed by atoms with Gasteiger partial charge in [-0.05, 0) is 30.2 Å². The predicted molar refractivity (Wildman–Crippen MR) is 61.2 cm³/mol. The quantitative estimate of drug-likeness (QED) is 0.842. The Morgan fingerprint density at radius 2 is 2.33 bits per heavy atom. The first-order valence-corrected chi connectivity index (χ1v) is 6.30. The van der Waals surface area contributed by atoms with Gasteiger partial charge in [0.25, 0.3) is 0 Å². The van der Waals surface area contributed by atoms with E-state index in [-0.39, 0.29) is 11.9 Å². The van der Waals surface area contributed by atoms with Crippen LogP contribution in [0.4, 0.5) is 4.39 Å². The van der Waals surface area contributed by atoms with Crippen molar-refractivity contribution in [3.63, 3.8) is 0 Å². The molecule has 2 N–H and O–H groups in total. The lowest BCUT2D eigenvalue weighted by Crippen LogP contribution is -2.26. The number of hydrogen-bond acceptors (Lipinski definition) is 3. The molecule has 15 heavy (non-hydrogen) atoms. The molecule has 0 amide bonds. The van der Waals surface area contributed by atoms with Gasteiger partial charge < -0.3 is 5.73 Å². The van der Waals surface area contributed by atoms with E-state index < -0.39 is 0 Å².